The number of aromatic nitrogens is 5. The molecule has 1 aliphatic rings. The van der Waals surface area contributed by atoms with Gasteiger partial charge in [0.2, 0.25) is 17.6 Å². The van der Waals surface area contributed by atoms with E-state index in [1.165, 1.54) is 0 Å². The Balaban J connectivity index is 1.61. The standard InChI is InChI=1S/C15H16N6O2/c1-2-12-17-15(20-22-12)21-9-5-7-11(21)14-18-13(19-23-14)10-6-3-4-8-16-10/h3-4,6,8,11H,2,5,7,9H2,1H3/t11-/m0/s1. The predicted octanol–water partition coefficient (Wildman–Crippen LogP) is 2.42. The van der Waals surface area contributed by atoms with E-state index < -0.39 is 0 Å². The van der Waals surface area contributed by atoms with Gasteiger partial charge in [0.15, 0.2) is 0 Å². The summed E-state index contributed by atoms with van der Waals surface area (Å²) in [5.41, 5.74) is 0.694. The Morgan fingerprint density at radius 2 is 2.17 bits per heavy atom. The van der Waals surface area contributed by atoms with Crippen LogP contribution in [0.4, 0.5) is 5.95 Å². The van der Waals surface area contributed by atoms with Crippen LogP contribution < -0.4 is 4.90 Å². The fourth-order valence-electron chi connectivity index (χ4n) is 2.74. The quantitative estimate of drug-likeness (QED) is 0.725. The first-order valence-corrected chi connectivity index (χ1v) is 7.69. The Morgan fingerprint density at radius 3 is 2.96 bits per heavy atom. The lowest BCUT2D eigenvalue weighted by molar-refractivity contribution is 0.351. The Bertz CT molecular complexity index is 784. The van der Waals surface area contributed by atoms with Gasteiger partial charge in [0, 0.05) is 19.2 Å². The van der Waals surface area contributed by atoms with Crippen LogP contribution in [0.15, 0.2) is 33.4 Å². The van der Waals surface area contributed by atoms with Crippen LogP contribution in [0.3, 0.4) is 0 Å². The summed E-state index contributed by atoms with van der Waals surface area (Å²) in [5.74, 6) is 2.27. The molecule has 8 nitrogen and oxygen atoms in total. The maximum atomic E-state index is 5.46. The summed E-state index contributed by atoms with van der Waals surface area (Å²) in [6, 6.07) is 5.58. The topological polar surface area (TPSA) is 94.0 Å². The van der Waals surface area contributed by atoms with Crippen molar-refractivity contribution in [3.63, 3.8) is 0 Å². The zero-order valence-corrected chi connectivity index (χ0v) is 12.7. The van der Waals surface area contributed by atoms with Crippen LogP contribution in [0, 0.1) is 0 Å². The summed E-state index contributed by atoms with van der Waals surface area (Å²) in [4.78, 5) is 15.2. The van der Waals surface area contributed by atoms with Gasteiger partial charge in [0.05, 0.1) is 0 Å². The molecule has 0 N–H and O–H groups in total. The molecule has 0 spiro atoms. The molecule has 3 aromatic heterocycles. The maximum Gasteiger partial charge on any atom is 0.266 e. The molecule has 0 radical (unpaired) electrons. The number of nitrogens with zero attached hydrogens (tertiary/aromatic N) is 6. The van der Waals surface area contributed by atoms with Crippen molar-refractivity contribution in [3.05, 3.63) is 36.2 Å². The Morgan fingerprint density at radius 1 is 1.22 bits per heavy atom. The van der Waals surface area contributed by atoms with E-state index in [2.05, 4.69) is 30.2 Å². The van der Waals surface area contributed by atoms with E-state index in [0.29, 0.717) is 29.2 Å². The molecule has 118 valence electrons. The maximum absolute atomic E-state index is 5.46. The molecule has 4 rings (SSSR count). The summed E-state index contributed by atoms with van der Waals surface area (Å²) in [7, 11) is 0. The molecule has 1 fully saturated rings. The summed E-state index contributed by atoms with van der Waals surface area (Å²) >= 11 is 0. The van der Waals surface area contributed by atoms with E-state index in [1.807, 2.05) is 25.1 Å². The van der Waals surface area contributed by atoms with Gasteiger partial charge in [-0.05, 0) is 30.1 Å². The van der Waals surface area contributed by atoms with Gasteiger partial charge in [-0.3, -0.25) is 4.98 Å². The Kier molecular flexibility index (Phi) is 3.49. The average Bonchev–Trinajstić information content (AvgIpc) is 3.33. The third-order valence-corrected chi connectivity index (χ3v) is 3.89. The molecule has 1 saturated heterocycles. The zero-order valence-electron chi connectivity index (χ0n) is 12.7. The number of hydrogen-bond donors (Lipinski definition) is 0. The summed E-state index contributed by atoms with van der Waals surface area (Å²) in [6.07, 6.45) is 4.36. The minimum absolute atomic E-state index is 0.0257. The summed E-state index contributed by atoms with van der Waals surface area (Å²) in [6.45, 7) is 2.82. The highest BCUT2D eigenvalue weighted by Gasteiger charge is 2.33. The molecular weight excluding hydrogens is 296 g/mol. The first kappa shape index (κ1) is 13.9. The second kappa shape index (κ2) is 5.79. The molecule has 0 bridgehead atoms. The summed E-state index contributed by atoms with van der Waals surface area (Å²) < 4.78 is 10.7. The highest BCUT2D eigenvalue weighted by Crippen LogP contribution is 2.34. The molecule has 1 atom stereocenters. The number of aryl methyl sites for hydroxylation is 1. The molecular formula is C15H16N6O2. The lowest BCUT2D eigenvalue weighted by atomic mass is 10.2. The molecule has 0 unspecified atom stereocenters. The van der Waals surface area contributed by atoms with Gasteiger partial charge >= 0.3 is 0 Å². The van der Waals surface area contributed by atoms with Crippen LogP contribution in [-0.2, 0) is 6.42 Å². The van der Waals surface area contributed by atoms with E-state index >= 15 is 0 Å². The number of rotatable bonds is 4. The number of anilines is 1. The SMILES string of the molecule is CCc1nc(N2CCC[C@H]2c2nc(-c3ccccn3)no2)no1. The van der Waals surface area contributed by atoms with Crippen molar-refractivity contribution in [1.82, 2.24) is 25.3 Å². The van der Waals surface area contributed by atoms with Crippen molar-refractivity contribution in [1.29, 1.82) is 0 Å². The van der Waals surface area contributed by atoms with Crippen molar-refractivity contribution in [2.45, 2.75) is 32.2 Å². The second-order valence-electron chi connectivity index (χ2n) is 5.36. The molecule has 8 heteroatoms. The van der Waals surface area contributed by atoms with Crippen LogP contribution >= 0.6 is 0 Å². The van der Waals surface area contributed by atoms with Gasteiger partial charge in [0.25, 0.3) is 5.95 Å². The Labute approximate surface area is 132 Å². The molecule has 1 aliphatic heterocycles. The van der Waals surface area contributed by atoms with Crippen LogP contribution in [-0.4, -0.2) is 31.8 Å². The van der Waals surface area contributed by atoms with Crippen molar-refractivity contribution in [3.8, 4) is 11.5 Å². The van der Waals surface area contributed by atoms with Gasteiger partial charge in [-0.1, -0.05) is 18.1 Å². The third kappa shape index (κ3) is 2.56. The normalized spacial score (nSPS) is 17.8. The molecule has 3 aromatic rings. The summed E-state index contributed by atoms with van der Waals surface area (Å²) in [5, 5.41) is 8.09. The van der Waals surface area contributed by atoms with Crippen LogP contribution in [0.25, 0.3) is 11.5 Å². The van der Waals surface area contributed by atoms with Gasteiger partial charge in [-0.25, -0.2) is 0 Å². The van der Waals surface area contributed by atoms with Gasteiger partial charge in [0.1, 0.15) is 11.7 Å². The molecule has 0 aromatic carbocycles. The van der Waals surface area contributed by atoms with E-state index in [-0.39, 0.29) is 6.04 Å². The van der Waals surface area contributed by atoms with E-state index in [1.54, 1.807) is 6.20 Å². The third-order valence-electron chi connectivity index (χ3n) is 3.89. The van der Waals surface area contributed by atoms with Crippen LogP contribution in [0.5, 0.6) is 0 Å². The van der Waals surface area contributed by atoms with Gasteiger partial charge < -0.3 is 13.9 Å². The van der Waals surface area contributed by atoms with Gasteiger partial charge in [-0.15, -0.1) is 0 Å². The minimum atomic E-state index is -0.0257. The average molecular weight is 312 g/mol. The van der Waals surface area contributed by atoms with Gasteiger partial charge in [-0.2, -0.15) is 9.97 Å². The molecule has 23 heavy (non-hydrogen) atoms. The lowest BCUT2D eigenvalue weighted by Crippen LogP contribution is -2.24. The fraction of sp³-hybridized carbons (Fsp3) is 0.400. The van der Waals surface area contributed by atoms with E-state index in [4.69, 9.17) is 9.05 Å². The van der Waals surface area contributed by atoms with Crippen LogP contribution in [0.2, 0.25) is 0 Å². The van der Waals surface area contributed by atoms with E-state index in [0.717, 1.165) is 25.8 Å². The monoisotopic (exact) mass is 312 g/mol. The second-order valence-corrected chi connectivity index (χ2v) is 5.36. The van der Waals surface area contributed by atoms with Crippen molar-refractivity contribution in [2.24, 2.45) is 0 Å². The first-order chi connectivity index (χ1) is 11.3. The highest BCUT2D eigenvalue weighted by atomic mass is 16.5. The van der Waals surface area contributed by atoms with Crippen LogP contribution in [0.1, 0.15) is 37.6 Å². The Hall–Kier alpha value is -2.77. The van der Waals surface area contributed by atoms with E-state index in [9.17, 15) is 0 Å². The first-order valence-electron chi connectivity index (χ1n) is 7.69. The molecule has 0 amide bonds. The van der Waals surface area contributed by atoms with Crippen molar-refractivity contribution >= 4 is 5.95 Å². The largest absolute Gasteiger partial charge is 0.337 e. The lowest BCUT2D eigenvalue weighted by Gasteiger charge is -2.18. The smallest absolute Gasteiger partial charge is 0.266 e. The zero-order chi connectivity index (χ0) is 15.6. The fourth-order valence-corrected chi connectivity index (χ4v) is 2.74. The molecule has 0 aliphatic carbocycles. The number of pyridine rings is 1. The van der Waals surface area contributed by atoms with Crippen molar-refractivity contribution in [2.75, 3.05) is 11.4 Å². The van der Waals surface area contributed by atoms with Crippen molar-refractivity contribution < 1.29 is 9.05 Å². The predicted molar refractivity (Wildman–Crippen MR) is 80.5 cm³/mol. The minimum Gasteiger partial charge on any atom is -0.337 e. The number of hydrogen-bond acceptors (Lipinski definition) is 8. The highest BCUT2D eigenvalue weighted by molar-refractivity contribution is 5.47. The molecule has 0 saturated carbocycles. The molecule has 4 heterocycles.